The van der Waals surface area contributed by atoms with Crippen molar-refractivity contribution < 1.29 is 0 Å². The minimum atomic E-state index is -0.948. The highest BCUT2D eigenvalue weighted by molar-refractivity contribution is 6.80. The van der Waals surface area contributed by atoms with Gasteiger partial charge in [-0.2, -0.15) is 0 Å². The van der Waals surface area contributed by atoms with Crippen LogP contribution in [0.1, 0.15) is 39.5 Å². The molecule has 0 amide bonds. The van der Waals surface area contributed by atoms with Gasteiger partial charge in [-0.3, -0.25) is 0 Å². The van der Waals surface area contributed by atoms with Gasteiger partial charge < -0.3 is 0 Å². The molecule has 0 saturated heterocycles. The van der Waals surface area contributed by atoms with Crippen molar-refractivity contribution in [1.82, 2.24) is 0 Å². The van der Waals surface area contributed by atoms with Gasteiger partial charge in [0.25, 0.3) is 0 Å². The monoisotopic (exact) mass is 198 g/mol. The molecule has 0 aromatic carbocycles. The summed E-state index contributed by atoms with van der Waals surface area (Å²) in [6.45, 7) is 11.8. The molecule has 0 fully saturated rings. The molecule has 1 heteroatoms. The Balaban J connectivity index is 3.61. The second-order valence-electron chi connectivity index (χ2n) is 5.20. The lowest BCUT2D eigenvalue weighted by atomic mass is 10.0. The zero-order chi connectivity index (χ0) is 10.3. The summed E-state index contributed by atoms with van der Waals surface area (Å²) in [7, 11) is -0.948. The van der Waals surface area contributed by atoms with E-state index in [-0.39, 0.29) is 0 Å². The molecule has 0 saturated carbocycles. The molecule has 0 aliphatic heterocycles. The van der Waals surface area contributed by atoms with Crippen molar-refractivity contribution in [1.29, 1.82) is 0 Å². The van der Waals surface area contributed by atoms with Crippen LogP contribution in [-0.2, 0) is 0 Å². The van der Waals surface area contributed by atoms with Crippen molar-refractivity contribution in [2.75, 3.05) is 0 Å². The van der Waals surface area contributed by atoms with E-state index >= 15 is 0 Å². The first-order valence-electron chi connectivity index (χ1n) is 5.65. The Bertz CT molecular complexity index is 142. The molecule has 0 bridgehead atoms. The highest BCUT2D eigenvalue weighted by atomic mass is 28.3. The lowest BCUT2D eigenvalue weighted by molar-refractivity contribution is 0.576. The highest BCUT2D eigenvalue weighted by Gasteiger charge is 2.07. The van der Waals surface area contributed by atoms with Crippen molar-refractivity contribution in [3.8, 4) is 0 Å². The molecule has 0 aliphatic rings. The lowest BCUT2D eigenvalue weighted by Gasteiger charge is -2.11. The van der Waals surface area contributed by atoms with Gasteiger partial charge in [-0.25, -0.2) is 0 Å². The van der Waals surface area contributed by atoms with Crippen LogP contribution in [-0.4, -0.2) is 8.07 Å². The normalized spacial score (nSPS) is 15.2. The van der Waals surface area contributed by atoms with Crippen LogP contribution in [0.5, 0.6) is 0 Å². The molecule has 0 radical (unpaired) electrons. The average molecular weight is 198 g/mol. The van der Waals surface area contributed by atoms with Crippen molar-refractivity contribution in [2.45, 2.75) is 59.2 Å². The fourth-order valence-corrected chi connectivity index (χ4v) is 2.17. The van der Waals surface area contributed by atoms with Gasteiger partial charge in [0, 0.05) is 0 Å². The number of rotatable bonds is 6. The molecule has 0 rings (SSSR count). The fraction of sp³-hybridized carbons (Fsp3) is 0.833. The summed E-state index contributed by atoms with van der Waals surface area (Å²) >= 11 is 0. The maximum atomic E-state index is 2.48. The van der Waals surface area contributed by atoms with E-state index in [9.17, 15) is 0 Å². The molecule has 0 aromatic rings. The van der Waals surface area contributed by atoms with E-state index in [4.69, 9.17) is 0 Å². The van der Waals surface area contributed by atoms with Crippen LogP contribution >= 0.6 is 0 Å². The van der Waals surface area contributed by atoms with Crippen LogP contribution < -0.4 is 0 Å². The number of unbranched alkanes of at least 4 members (excludes halogenated alkanes) is 2. The maximum absolute atomic E-state index is 2.48. The van der Waals surface area contributed by atoms with E-state index in [0.29, 0.717) is 0 Å². The van der Waals surface area contributed by atoms with Gasteiger partial charge >= 0.3 is 0 Å². The SMILES string of the molecule is CCCCC[C@H](C)/C=C/[Si](C)(C)C. The Morgan fingerprint density at radius 1 is 1.15 bits per heavy atom. The Morgan fingerprint density at radius 2 is 1.77 bits per heavy atom. The third-order valence-corrected chi connectivity index (χ3v) is 3.38. The molecule has 0 unspecified atom stereocenters. The fourth-order valence-electron chi connectivity index (χ4n) is 1.27. The topological polar surface area (TPSA) is 0 Å². The summed E-state index contributed by atoms with van der Waals surface area (Å²) in [6, 6.07) is 0. The van der Waals surface area contributed by atoms with E-state index in [1.54, 1.807) is 0 Å². The van der Waals surface area contributed by atoms with Gasteiger partial charge in [-0.1, -0.05) is 64.5 Å². The highest BCUT2D eigenvalue weighted by Crippen LogP contribution is 2.12. The van der Waals surface area contributed by atoms with Gasteiger partial charge in [0.15, 0.2) is 0 Å². The van der Waals surface area contributed by atoms with Gasteiger partial charge in [-0.05, 0) is 12.3 Å². The molecule has 78 valence electrons. The molecule has 0 heterocycles. The van der Waals surface area contributed by atoms with Crippen LogP contribution in [0.15, 0.2) is 11.8 Å². The Labute approximate surface area is 85.4 Å². The standard InChI is InChI=1S/C12H26Si/c1-6-7-8-9-12(2)10-11-13(3,4)5/h10-12H,6-9H2,1-5H3/b11-10+/t12-/m0/s1. The van der Waals surface area contributed by atoms with Crippen LogP contribution in [0.4, 0.5) is 0 Å². The Morgan fingerprint density at radius 3 is 2.23 bits per heavy atom. The summed E-state index contributed by atoms with van der Waals surface area (Å²) in [5, 5.41) is 0. The van der Waals surface area contributed by atoms with E-state index in [1.165, 1.54) is 25.7 Å². The second kappa shape index (κ2) is 6.42. The lowest BCUT2D eigenvalue weighted by Crippen LogP contribution is -2.15. The predicted molar refractivity (Wildman–Crippen MR) is 65.8 cm³/mol. The van der Waals surface area contributed by atoms with Crippen LogP contribution in [0.3, 0.4) is 0 Å². The molecule has 0 aliphatic carbocycles. The van der Waals surface area contributed by atoms with Crippen LogP contribution in [0, 0.1) is 5.92 Å². The van der Waals surface area contributed by atoms with Crippen LogP contribution in [0.25, 0.3) is 0 Å². The summed E-state index contributed by atoms with van der Waals surface area (Å²) in [4.78, 5) is 0. The smallest absolute Gasteiger partial charge is 0.0682 e. The molecule has 0 spiro atoms. The minimum absolute atomic E-state index is 0.790. The average Bonchev–Trinajstić information content (AvgIpc) is 2.00. The Kier molecular flexibility index (Phi) is 6.40. The van der Waals surface area contributed by atoms with E-state index in [1.807, 2.05) is 0 Å². The molecule has 0 N–H and O–H groups in total. The summed E-state index contributed by atoms with van der Waals surface area (Å²) < 4.78 is 0. The van der Waals surface area contributed by atoms with Gasteiger partial charge in [0.05, 0.1) is 8.07 Å². The van der Waals surface area contributed by atoms with Crippen LogP contribution in [0.2, 0.25) is 19.6 Å². The Hall–Kier alpha value is -0.0431. The number of allylic oxidation sites excluding steroid dienone is 1. The maximum Gasteiger partial charge on any atom is 0.0682 e. The third kappa shape index (κ3) is 9.87. The number of hydrogen-bond acceptors (Lipinski definition) is 0. The van der Waals surface area contributed by atoms with Gasteiger partial charge in [-0.15, -0.1) is 0 Å². The molecule has 13 heavy (non-hydrogen) atoms. The first-order valence-corrected chi connectivity index (χ1v) is 9.23. The van der Waals surface area contributed by atoms with E-state index in [2.05, 4.69) is 45.3 Å². The van der Waals surface area contributed by atoms with E-state index < -0.39 is 8.07 Å². The van der Waals surface area contributed by atoms with Crippen molar-refractivity contribution in [3.63, 3.8) is 0 Å². The first-order chi connectivity index (χ1) is 5.95. The van der Waals surface area contributed by atoms with Gasteiger partial charge in [0.2, 0.25) is 0 Å². The third-order valence-electron chi connectivity index (χ3n) is 2.19. The quantitative estimate of drug-likeness (QED) is 0.431. The zero-order valence-corrected chi connectivity index (χ0v) is 11.1. The summed E-state index contributed by atoms with van der Waals surface area (Å²) in [5.74, 6) is 0.790. The molecular formula is C12H26Si. The summed E-state index contributed by atoms with van der Waals surface area (Å²) in [6.07, 6.45) is 7.93. The van der Waals surface area contributed by atoms with Crippen molar-refractivity contribution in [2.24, 2.45) is 5.92 Å². The van der Waals surface area contributed by atoms with E-state index in [0.717, 1.165) is 5.92 Å². The minimum Gasteiger partial charge on any atom is -0.0987 e. The predicted octanol–water partition coefficient (Wildman–Crippen LogP) is 4.64. The largest absolute Gasteiger partial charge is 0.0987 e. The number of hydrogen-bond donors (Lipinski definition) is 0. The molecule has 0 nitrogen and oxygen atoms in total. The van der Waals surface area contributed by atoms with Crippen molar-refractivity contribution >= 4 is 8.07 Å². The second-order valence-corrected chi connectivity index (χ2v) is 10.3. The van der Waals surface area contributed by atoms with Gasteiger partial charge in [0.1, 0.15) is 0 Å². The molecular weight excluding hydrogens is 172 g/mol. The molecule has 0 aromatic heterocycles. The first kappa shape index (κ1) is 13.0. The van der Waals surface area contributed by atoms with Crippen molar-refractivity contribution in [3.05, 3.63) is 11.8 Å². The summed E-state index contributed by atoms with van der Waals surface area (Å²) in [5.41, 5.74) is 2.48. The zero-order valence-electron chi connectivity index (χ0n) is 10.1. The molecule has 1 atom stereocenters.